The van der Waals surface area contributed by atoms with E-state index in [2.05, 4.69) is 26.0 Å². The Bertz CT molecular complexity index is 61.4. The number of halogens is 1. The van der Waals surface area contributed by atoms with Crippen LogP contribution in [0.15, 0.2) is 0 Å². The zero-order valence-electron chi connectivity index (χ0n) is 4.77. The molecule has 0 spiro atoms. The SMILES string of the molecule is IN1CCCCSC1. The van der Waals surface area contributed by atoms with E-state index in [0.717, 1.165) is 0 Å². The van der Waals surface area contributed by atoms with Gasteiger partial charge in [-0.25, -0.2) is 3.11 Å². The van der Waals surface area contributed by atoms with Crippen molar-refractivity contribution in [3.63, 3.8) is 0 Å². The van der Waals surface area contributed by atoms with Crippen LogP contribution in [0.3, 0.4) is 0 Å². The van der Waals surface area contributed by atoms with Crippen LogP contribution in [0.2, 0.25) is 0 Å². The van der Waals surface area contributed by atoms with Crippen LogP contribution in [-0.4, -0.2) is 21.3 Å². The van der Waals surface area contributed by atoms with Crippen molar-refractivity contribution in [1.82, 2.24) is 3.11 Å². The van der Waals surface area contributed by atoms with Gasteiger partial charge >= 0.3 is 0 Å². The third-order valence-corrected chi connectivity index (χ3v) is 3.53. The summed E-state index contributed by atoms with van der Waals surface area (Å²) in [5, 5.41) is 0. The lowest BCUT2D eigenvalue weighted by Crippen LogP contribution is -2.08. The first-order chi connectivity index (χ1) is 3.89. The quantitative estimate of drug-likeness (QED) is 0.473. The molecule has 8 heavy (non-hydrogen) atoms. The summed E-state index contributed by atoms with van der Waals surface area (Å²) in [6.07, 6.45) is 2.79. The van der Waals surface area contributed by atoms with Crippen molar-refractivity contribution in [2.45, 2.75) is 12.8 Å². The van der Waals surface area contributed by atoms with E-state index in [9.17, 15) is 0 Å². The first kappa shape index (κ1) is 7.15. The second-order valence-electron chi connectivity index (χ2n) is 1.93. The van der Waals surface area contributed by atoms with Gasteiger partial charge in [-0.2, -0.15) is 0 Å². The summed E-state index contributed by atoms with van der Waals surface area (Å²) in [4.78, 5) is 0. The van der Waals surface area contributed by atoms with Gasteiger partial charge in [0.25, 0.3) is 0 Å². The second kappa shape index (κ2) is 3.95. The Morgan fingerprint density at radius 1 is 1.38 bits per heavy atom. The molecule has 3 heteroatoms. The predicted octanol–water partition coefficient (Wildman–Crippen LogP) is 2.12. The smallest absolute Gasteiger partial charge is 0.0538 e. The number of nitrogens with zero attached hydrogens (tertiary/aromatic N) is 1. The summed E-state index contributed by atoms with van der Waals surface area (Å²) in [5.41, 5.74) is 0. The minimum absolute atomic E-state index is 1.22. The fraction of sp³-hybridized carbons (Fsp3) is 1.00. The number of hydrogen-bond donors (Lipinski definition) is 0. The molecule has 1 rings (SSSR count). The molecule has 1 heterocycles. The van der Waals surface area contributed by atoms with Gasteiger partial charge in [0.2, 0.25) is 0 Å². The third kappa shape index (κ3) is 2.55. The van der Waals surface area contributed by atoms with E-state index in [4.69, 9.17) is 0 Å². The van der Waals surface area contributed by atoms with Crippen molar-refractivity contribution in [3.8, 4) is 0 Å². The summed E-state index contributed by atoms with van der Waals surface area (Å²) in [7, 11) is 0. The fourth-order valence-corrected chi connectivity index (χ4v) is 2.51. The number of thioether (sulfide) groups is 1. The number of rotatable bonds is 0. The molecule has 48 valence electrons. The molecule has 0 aromatic rings. The van der Waals surface area contributed by atoms with E-state index in [0.29, 0.717) is 0 Å². The Kier molecular flexibility index (Phi) is 3.53. The highest BCUT2D eigenvalue weighted by molar-refractivity contribution is 14.1. The molecule has 1 aliphatic rings. The maximum atomic E-state index is 2.39. The third-order valence-electron chi connectivity index (χ3n) is 1.17. The predicted molar refractivity (Wildman–Crippen MR) is 47.3 cm³/mol. The molecule has 0 radical (unpaired) electrons. The van der Waals surface area contributed by atoms with Crippen LogP contribution in [-0.2, 0) is 0 Å². The van der Waals surface area contributed by atoms with Crippen molar-refractivity contribution < 1.29 is 0 Å². The zero-order chi connectivity index (χ0) is 5.82. The lowest BCUT2D eigenvalue weighted by atomic mass is 10.3. The number of hydrogen-bond acceptors (Lipinski definition) is 2. The van der Waals surface area contributed by atoms with Crippen LogP contribution < -0.4 is 0 Å². The molecule has 0 unspecified atom stereocenters. The molecule has 1 saturated heterocycles. The molecule has 1 fully saturated rings. The van der Waals surface area contributed by atoms with Gasteiger partial charge in [-0.15, -0.1) is 11.8 Å². The van der Waals surface area contributed by atoms with Crippen LogP contribution in [0.1, 0.15) is 12.8 Å². The minimum atomic E-state index is 1.22. The molecule has 0 saturated carbocycles. The molecule has 0 aromatic heterocycles. The normalized spacial score (nSPS) is 25.1. The average Bonchev–Trinajstić information content (AvgIpc) is 1.94. The standard InChI is InChI=1S/C5H10INS/c6-7-3-1-2-4-8-5-7/h1-5H2. The van der Waals surface area contributed by atoms with Crippen molar-refractivity contribution in [1.29, 1.82) is 0 Å². The van der Waals surface area contributed by atoms with Gasteiger partial charge in [-0.3, -0.25) is 0 Å². The van der Waals surface area contributed by atoms with E-state index < -0.39 is 0 Å². The van der Waals surface area contributed by atoms with Gasteiger partial charge < -0.3 is 0 Å². The van der Waals surface area contributed by atoms with Gasteiger partial charge in [0.15, 0.2) is 0 Å². The summed E-state index contributed by atoms with van der Waals surface area (Å²) in [6, 6.07) is 0. The minimum Gasteiger partial charge on any atom is -0.238 e. The van der Waals surface area contributed by atoms with E-state index >= 15 is 0 Å². The van der Waals surface area contributed by atoms with Crippen molar-refractivity contribution in [2.24, 2.45) is 0 Å². The zero-order valence-corrected chi connectivity index (χ0v) is 7.74. The van der Waals surface area contributed by atoms with Gasteiger partial charge in [-0.1, -0.05) is 0 Å². The maximum absolute atomic E-state index is 2.39. The lowest BCUT2D eigenvalue weighted by molar-refractivity contribution is 0.572. The van der Waals surface area contributed by atoms with Crippen molar-refractivity contribution in [3.05, 3.63) is 0 Å². The van der Waals surface area contributed by atoms with E-state index in [1.807, 2.05) is 11.8 Å². The van der Waals surface area contributed by atoms with Gasteiger partial charge in [0, 0.05) is 29.4 Å². The lowest BCUT2D eigenvalue weighted by Gasteiger charge is -2.06. The Balaban J connectivity index is 2.17. The molecule has 0 N–H and O–H groups in total. The topological polar surface area (TPSA) is 3.24 Å². The Morgan fingerprint density at radius 2 is 2.25 bits per heavy atom. The largest absolute Gasteiger partial charge is 0.238 e. The van der Waals surface area contributed by atoms with Crippen molar-refractivity contribution in [2.75, 3.05) is 18.2 Å². The van der Waals surface area contributed by atoms with Crippen LogP contribution in [0.25, 0.3) is 0 Å². The molecule has 0 aromatic carbocycles. The summed E-state index contributed by atoms with van der Waals surface area (Å²) in [5.74, 6) is 2.58. The molecular weight excluding hydrogens is 233 g/mol. The average molecular weight is 243 g/mol. The van der Waals surface area contributed by atoms with Crippen LogP contribution in [0.5, 0.6) is 0 Å². The van der Waals surface area contributed by atoms with E-state index in [1.54, 1.807) is 0 Å². The van der Waals surface area contributed by atoms with Gasteiger partial charge in [0.05, 0.1) is 5.88 Å². The molecule has 0 aliphatic carbocycles. The Hall–Kier alpha value is 1.04. The monoisotopic (exact) mass is 243 g/mol. The van der Waals surface area contributed by atoms with Crippen molar-refractivity contribution >= 4 is 34.6 Å². The first-order valence-electron chi connectivity index (χ1n) is 2.88. The van der Waals surface area contributed by atoms with E-state index in [-0.39, 0.29) is 0 Å². The van der Waals surface area contributed by atoms with E-state index in [1.165, 1.54) is 31.0 Å². The molecule has 0 amide bonds. The Labute approximate surface area is 68.7 Å². The highest BCUT2D eigenvalue weighted by Crippen LogP contribution is 2.16. The van der Waals surface area contributed by atoms with Crippen LogP contribution in [0.4, 0.5) is 0 Å². The molecule has 0 atom stereocenters. The molecular formula is C5H10INS. The first-order valence-corrected chi connectivity index (χ1v) is 5.00. The highest BCUT2D eigenvalue weighted by Gasteiger charge is 2.03. The highest BCUT2D eigenvalue weighted by atomic mass is 127. The fourth-order valence-electron chi connectivity index (χ4n) is 0.716. The summed E-state index contributed by atoms with van der Waals surface area (Å²) < 4.78 is 2.36. The molecule has 1 nitrogen and oxygen atoms in total. The Morgan fingerprint density at radius 3 is 3.12 bits per heavy atom. The maximum Gasteiger partial charge on any atom is 0.0538 e. The molecule has 1 aliphatic heterocycles. The van der Waals surface area contributed by atoms with Gasteiger partial charge in [-0.05, 0) is 18.6 Å². The summed E-state index contributed by atoms with van der Waals surface area (Å²) >= 11 is 4.44. The van der Waals surface area contributed by atoms with Gasteiger partial charge in [0.1, 0.15) is 0 Å². The molecule has 0 bridgehead atoms. The summed E-state index contributed by atoms with van der Waals surface area (Å²) in [6.45, 7) is 1.29. The van der Waals surface area contributed by atoms with Crippen LogP contribution >= 0.6 is 34.6 Å². The second-order valence-corrected chi connectivity index (χ2v) is 4.37. The van der Waals surface area contributed by atoms with Crippen LogP contribution in [0, 0.1) is 0 Å².